The fourth-order valence-electron chi connectivity index (χ4n) is 3.01. The van der Waals surface area contributed by atoms with Crippen molar-refractivity contribution in [2.75, 3.05) is 0 Å². The van der Waals surface area contributed by atoms with Gasteiger partial charge in [0.2, 0.25) is 0 Å². The highest BCUT2D eigenvalue weighted by atomic mass is 35.5. The van der Waals surface area contributed by atoms with Crippen LogP contribution in [0.2, 0.25) is 5.15 Å². The lowest BCUT2D eigenvalue weighted by Crippen LogP contribution is -2.11. The Balaban J connectivity index is 2.03. The van der Waals surface area contributed by atoms with Gasteiger partial charge in [-0.2, -0.15) is 0 Å². The molecule has 0 atom stereocenters. The number of carbonyl (C=O) groups excluding carboxylic acids is 1. The number of halogens is 1. The standard InChI is InChI=1S/C21H19ClN2O4/c1-13-10-15(8-9-18(13)28-14(2)25)12-24-17(11-19(26)27)20(22)23-21(24)16-6-4-3-5-7-16/h3-10H,11-12H2,1-2H3,(H,26,27). The van der Waals surface area contributed by atoms with Crippen molar-refractivity contribution in [1.82, 2.24) is 9.55 Å². The van der Waals surface area contributed by atoms with Crippen LogP contribution < -0.4 is 4.74 Å². The molecule has 0 bridgehead atoms. The van der Waals surface area contributed by atoms with E-state index >= 15 is 0 Å². The van der Waals surface area contributed by atoms with Gasteiger partial charge in [-0.3, -0.25) is 9.59 Å². The van der Waals surface area contributed by atoms with E-state index in [1.807, 2.05) is 54.0 Å². The van der Waals surface area contributed by atoms with E-state index in [9.17, 15) is 14.7 Å². The van der Waals surface area contributed by atoms with Gasteiger partial charge >= 0.3 is 11.9 Å². The summed E-state index contributed by atoms with van der Waals surface area (Å²) in [7, 11) is 0. The highest BCUT2D eigenvalue weighted by molar-refractivity contribution is 6.30. The Bertz CT molecular complexity index is 1030. The summed E-state index contributed by atoms with van der Waals surface area (Å²) in [4.78, 5) is 26.9. The lowest BCUT2D eigenvalue weighted by atomic mass is 10.1. The van der Waals surface area contributed by atoms with Crippen molar-refractivity contribution in [1.29, 1.82) is 0 Å². The molecule has 0 aliphatic heterocycles. The third kappa shape index (κ3) is 4.40. The zero-order valence-corrected chi connectivity index (χ0v) is 16.2. The molecule has 0 unspecified atom stereocenters. The molecule has 3 rings (SSSR count). The number of aliphatic carboxylic acids is 1. The fraction of sp³-hybridized carbons (Fsp3) is 0.190. The largest absolute Gasteiger partial charge is 0.481 e. The Morgan fingerprint density at radius 2 is 1.89 bits per heavy atom. The zero-order valence-electron chi connectivity index (χ0n) is 15.5. The molecule has 0 radical (unpaired) electrons. The molecule has 0 aliphatic rings. The number of esters is 1. The first kappa shape index (κ1) is 19.6. The quantitative estimate of drug-likeness (QED) is 0.499. The van der Waals surface area contributed by atoms with Crippen molar-refractivity contribution in [3.63, 3.8) is 0 Å². The molecule has 1 heterocycles. The summed E-state index contributed by atoms with van der Waals surface area (Å²) in [5.74, 6) is -0.270. The van der Waals surface area contributed by atoms with Crippen molar-refractivity contribution < 1.29 is 19.4 Å². The van der Waals surface area contributed by atoms with Gasteiger partial charge in [0.15, 0.2) is 5.15 Å². The number of carboxylic acids is 1. The first-order valence-electron chi connectivity index (χ1n) is 8.65. The second-order valence-corrected chi connectivity index (χ2v) is 6.75. The van der Waals surface area contributed by atoms with Gasteiger partial charge in [0, 0.05) is 19.0 Å². The molecule has 7 heteroatoms. The number of aryl methyl sites for hydroxylation is 1. The number of carboxylic acid groups (broad SMARTS) is 1. The van der Waals surface area contributed by atoms with Crippen molar-refractivity contribution in [2.24, 2.45) is 0 Å². The molecule has 0 spiro atoms. The van der Waals surface area contributed by atoms with Gasteiger partial charge in [-0.1, -0.05) is 54.1 Å². The van der Waals surface area contributed by atoms with Gasteiger partial charge < -0.3 is 14.4 Å². The average molecular weight is 399 g/mol. The molecule has 0 saturated carbocycles. The first-order valence-corrected chi connectivity index (χ1v) is 9.03. The second kappa shape index (κ2) is 8.27. The van der Waals surface area contributed by atoms with Crippen LogP contribution >= 0.6 is 11.6 Å². The van der Waals surface area contributed by atoms with E-state index in [2.05, 4.69) is 4.98 Å². The Morgan fingerprint density at radius 1 is 1.18 bits per heavy atom. The number of rotatable bonds is 6. The summed E-state index contributed by atoms with van der Waals surface area (Å²) < 4.78 is 6.98. The molecular formula is C21H19ClN2O4. The SMILES string of the molecule is CC(=O)Oc1ccc(Cn2c(-c3ccccc3)nc(Cl)c2CC(=O)O)cc1C. The van der Waals surface area contributed by atoms with Crippen molar-refractivity contribution in [2.45, 2.75) is 26.8 Å². The van der Waals surface area contributed by atoms with Crippen LogP contribution in [0.5, 0.6) is 5.75 Å². The summed E-state index contributed by atoms with van der Waals surface area (Å²) in [6.07, 6.45) is -0.233. The third-order valence-corrected chi connectivity index (χ3v) is 4.51. The number of ether oxygens (including phenoxy) is 1. The van der Waals surface area contributed by atoms with E-state index in [0.717, 1.165) is 16.7 Å². The minimum Gasteiger partial charge on any atom is -0.481 e. The summed E-state index contributed by atoms with van der Waals surface area (Å²) in [6.45, 7) is 3.58. The van der Waals surface area contributed by atoms with Crippen LogP contribution in [-0.4, -0.2) is 26.6 Å². The monoisotopic (exact) mass is 398 g/mol. The number of aromatic nitrogens is 2. The van der Waals surface area contributed by atoms with E-state index in [4.69, 9.17) is 16.3 Å². The predicted molar refractivity (Wildman–Crippen MR) is 106 cm³/mol. The number of carbonyl (C=O) groups is 2. The van der Waals surface area contributed by atoms with Crippen molar-refractivity contribution in [3.05, 3.63) is 70.5 Å². The summed E-state index contributed by atoms with van der Waals surface area (Å²) in [5, 5.41) is 9.45. The van der Waals surface area contributed by atoms with Crippen molar-refractivity contribution >= 4 is 23.5 Å². The number of nitrogens with zero attached hydrogens (tertiary/aromatic N) is 2. The molecule has 3 aromatic rings. The van der Waals surface area contributed by atoms with Gasteiger partial charge in [0.1, 0.15) is 11.6 Å². The third-order valence-electron chi connectivity index (χ3n) is 4.21. The summed E-state index contributed by atoms with van der Waals surface area (Å²) in [6, 6.07) is 14.9. The maximum atomic E-state index is 11.3. The van der Waals surface area contributed by atoms with Gasteiger partial charge in [0.25, 0.3) is 0 Å². The first-order chi connectivity index (χ1) is 13.3. The summed E-state index contributed by atoms with van der Waals surface area (Å²) in [5.41, 5.74) is 3.00. The Kier molecular flexibility index (Phi) is 5.80. The van der Waals surface area contributed by atoms with E-state index < -0.39 is 5.97 Å². The minimum absolute atomic E-state index is 0.175. The topological polar surface area (TPSA) is 81.4 Å². The molecule has 0 fully saturated rings. The van der Waals surface area contributed by atoms with Crippen LogP contribution in [0, 0.1) is 6.92 Å². The molecular weight excluding hydrogens is 380 g/mol. The van der Waals surface area contributed by atoms with Crippen LogP contribution in [0.15, 0.2) is 48.5 Å². The zero-order chi connectivity index (χ0) is 20.3. The highest BCUT2D eigenvalue weighted by Gasteiger charge is 2.20. The Hall–Kier alpha value is -3.12. The molecule has 144 valence electrons. The van der Waals surface area contributed by atoms with Crippen LogP contribution in [0.1, 0.15) is 23.7 Å². The number of imidazole rings is 1. The molecule has 0 aliphatic carbocycles. The maximum absolute atomic E-state index is 11.3. The van der Waals surface area contributed by atoms with E-state index in [1.165, 1.54) is 6.92 Å². The van der Waals surface area contributed by atoms with Gasteiger partial charge in [-0.15, -0.1) is 0 Å². The summed E-state index contributed by atoms with van der Waals surface area (Å²) >= 11 is 6.27. The average Bonchev–Trinajstić information content (AvgIpc) is 2.93. The molecule has 0 amide bonds. The van der Waals surface area contributed by atoms with Gasteiger partial charge in [0.05, 0.1) is 12.1 Å². The van der Waals surface area contributed by atoms with Crippen LogP contribution in [0.3, 0.4) is 0 Å². The molecule has 6 nitrogen and oxygen atoms in total. The molecule has 0 saturated heterocycles. The number of benzene rings is 2. The molecule has 1 N–H and O–H groups in total. The fourth-order valence-corrected chi connectivity index (χ4v) is 3.26. The number of hydrogen-bond donors (Lipinski definition) is 1. The van der Waals surface area contributed by atoms with Gasteiger partial charge in [-0.05, 0) is 24.1 Å². The Morgan fingerprint density at radius 3 is 2.50 bits per heavy atom. The normalized spacial score (nSPS) is 10.7. The van der Waals surface area contributed by atoms with Crippen LogP contribution in [-0.2, 0) is 22.6 Å². The van der Waals surface area contributed by atoms with Gasteiger partial charge in [-0.25, -0.2) is 4.98 Å². The van der Waals surface area contributed by atoms with E-state index in [0.29, 0.717) is 23.8 Å². The second-order valence-electron chi connectivity index (χ2n) is 6.39. The molecule has 2 aromatic carbocycles. The van der Waals surface area contributed by atoms with Crippen LogP contribution in [0.4, 0.5) is 0 Å². The number of hydrogen-bond acceptors (Lipinski definition) is 4. The highest BCUT2D eigenvalue weighted by Crippen LogP contribution is 2.28. The van der Waals surface area contributed by atoms with E-state index in [-0.39, 0.29) is 17.5 Å². The van der Waals surface area contributed by atoms with Crippen molar-refractivity contribution in [3.8, 4) is 17.1 Å². The maximum Gasteiger partial charge on any atom is 0.309 e. The molecule has 1 aromatic heterocycles. The molecule has 28 heavy (non-hydrogen) atoms. The van der Waals surface area contributed by atoms with Crippen LogP contribution in [0.25, 0.3) is 11.4 Å². The smallest absolute Gasteiger partial charge is 0.309 e. The Labute approximate surface area is 167 Å². The minimum atomic E-state index is -0.982. The lowest BCUT2D eigenvalue weighted by Gasteiger charge is -2.13. The predicted octanol–water partition coefficient (Wildman–Crippen LogP) is 4.11. The van der Waals surface area contributed by atoms with E-state index in [1.54, 1.807) is 6.07 Å². The lowest BCUT2D eigenvalue weighted by molar-refractivity contribution is -0.136.